The summed E-state index contributed by atoms with van der Waals surface area (Å²) in [5, 5.41) is 11.8. The Balaban J connectivity index is 2.45. The zero-order chi connectivity index (χ0) is 18.2. The minimum Gasteiger partial charge on any atom is -0.497 e. The SMILES string of the molecule is COc1cccc(CCC(=O)NC(CCOC(C)(C)C)C(=O)O)c1. The van der Waals surface area contributed by atoms with Gasteiger partial charge in [-0.05, 0) is 44.9 Å². The van der Waals surface area contributed by atoms with Crippen molar-refractivity contribution in [2.24, 2.45) is 0 Å². The number of benzene rings is 1. The smallest absolute Gasteiger partial charge is 0.326 e. The number of nitrogens with one attached hydrogen (secondary N) is 1. The van der Waals surface area contributed by atoms with E-state index in [1.54, 1.807) is 7.11 Å². The largest absolute Gasteiger partial charge is 0.497 e. The molecule has 1 aromatic rings. The Kier molecular flexibility index (Phi) is 7.71. The summed E-state index contributed by atoms with van der Waals surface area (Å²) in [4.78, 5) is 23.3. The van der Waals surface area contributed by atoms with Gasteiger partial charge in [0.1, 0.15) is 11.8 Å². The Morgan fingerprint density at radius 3 is 2.58 bits per heavy atom. The molecule has 2 N–H and O–H groups in total. The van der Waals surface area contributed by atoms with Gasteiger partial charge in [-0.25, -0.2) is 4.79 Å². The molecule has 0 fully saturated rings. The Bertz CT molecular complexity index is 551. The average molecular weight is 337 g/mol. The van der Waals surface area contributed by atoms with Crippen LogP contribution in [-0.4, -0.2) is 42.3 Å². The molecule has 6 heteroatoms. The summed E-state index contributed by atoms with van der Waals surface area (Å²) in [5.41, 5.74) is 0.631. The fourth-order valence-corrected chi connectivity index (χ4v) is 2.09. The zero-order valence-corrected chi connectivity index (χ0v) is 14.8. The van der Waals surface area contributed by atoms with Crippen molar-refractivity contribution in [3.63, 3.8) is 0 Å². The van der Waals surface area contributed by atoms with Crippen LogP contribution in [0.25, 0.3) is 0 Å². The van der Waals surface area contributed by atoms with Crippen LogP contribution in [-0.2, 0) is 20.7 Å². The second-order valence-electron chi connectivity index (χ2n) is 6.56. The van der Waals surface area contributed by atoms with E-state index in [0.717, 1.165) is 11.3 Å². The molecule has 1 unspecified atom stereocenters. The standard InChI is InChI=1S/C18H27NO5/c1-18(2,3)24-11-10-15(17(21)22)19-16(20)9-8-13-6-5-7-14(12-13)23-4/h5-7,12,15H,8-11H2,1-4H3,(H,19,20)(H,21,22). The quantitative estimate of drug-likeness (QED) is 0.723. The molecule has 1 rings (SSSR count). The van der Waals surface area contributed by atoms with Crippen molar-refractivity contribution < 1.29 is 24.2 Å². The monoisotopic (exact) mass is 337 g/mol. The Labute approximate surface area is 143 Å². The summed E-state index contributed by atoms with van der Waals surface area (Å²) < 4.78 is 10.7. The molecule has 0 aliphatic rings. The molecule has 0 aliphatic carbocycles. The highest BCUT2D eigenvalue weighted by atomic mass is 16.5. The highest BCUT2D eigenvalue weighted by molar-refractivity contribution is 5.83. The van der Waals surface area contributed by atoms with Gasteiger partial charge in [-0.15, -0.1) is 0 Å². The predicted octanol–water partition coefficient (Wildman–Crippen LogP) is 2.40. The summed E-state index contributed by atoms with van der Waals surface area (Å²) in [6.07, 6.45) is 0.975. The Morgan fingerprint density at radius 2 is 2.00 bits per heavy atom. The van der Waals surface area contributed by atoms with Crippen LogP contribution in [0, 0.1) is 0 Å². The van der Waals surface area contributed by atoms with Gasteiger partial charge in [0.15, 0.2) is 0 Å². The topological polar surface area (TPSA) is 84.9 Å². The molecule has 1 atom stereocenters. The lowest BCUT2D eigenvalue weighted by atomic mass is 10.1. The number of hydrogen-bond donors (Lipinski definition) is 2. The van der Waals surface area contributed by atoms with E-state index in [1.165, 1.54) is 0 Å². The maximum absolute atomic E-state index is 12.0. The summed E-state index contributed by atoms with van der Waals surface area (Å²) in [6.45, 7) is 5.97. The normalized spacial score (nSPS) is 12.5. The number of methoxy groups -OCH3 is 1. The number of ether oxygens (including phenoxy) is 2. The van der Waals surface area contributed by atoms with E-state index in [0.29, 0.717) is 6.42 Å². The van der Waals surface area contributed by atoms with Crippen LogP contribution in [0.2, 0.25) is 0 Å². The molecule has 1 aromatic carbocycles. The van der Waals surface area contributed by atoms with Gasteiger partial charge in [0, 0.05) is 19.4 Å². The van der Waals surface area contributed by atoms with Crippen LogP contribution in [0.1, 0.15) is 39.2 Å². The lowest BCUT2D eigenvalue weighted by molar-refractivity contribution is -0.142. The Morgan fingerprint density at radius 1 is 1.29 bits per heavy atom. The summed E-state index contributed by atoms with van der Waals surface area (Å²) in [7, 11) is 1.59. The van der Waals surface area contributed by atoms with Gasteiger partial charge in [0.05, 0.1) is 12.7 Å². The number of hydrogen-bond acceptors (Lipinski definition) is 4. The maximum Gasteiger partial charge on any atom is 0.326 e. The van der Waals surface area contributed by atoms with Crippen molar-refractivity contribution in [3.8, 4) is 5.75 Å². The third kappa shape index (κ3) is 7.97. The number of aryl methyl sites for hydroxylation is 1. The van der Waals surface area contributed by atoms with Crippen molar-refractivity contribution in [2.75, 3.05) is 13.7 Å². The minimum atomic E-state index is -1.05. The second kappa shape index (κ2) is 9.27. The van der Waals surface area contributed by atoms with Gasteiger partial charge in [0.2, 0.25) is 5.91 Å². The molecule has 1 amide bonds. The van der Waals surface area contributed by atoms with E-state index in [2.05, 4.69) is 5.32 Å². The summed E-state index contributed by atoms with van der Waals surface area (Å²) in [6, 6.07) is 6.51. The highest BCUT2D eigenvalue weighted by Gasteiger charge is 2.21. The minimum absolute atomic E-state index is 0.219. The van der Waals surface area contributed by atoms with Crippen molar-refractivity contribution in [2.45, 2.75) is 51.7 Å². The highest BCUT2D eigenvalue weighted by Crippen LogP contribution is 2.14. The predicted molar refractivity (Wildman–Crippen MR) is 91.2 cm³/mol. The van der Waals surface area contributed by atoms with Crippen LogP contribution in [0.5, 0.6) is 5.75 Å². The molecule has 134 valence electrons. The number of rotatable bonds is 9. The van der Waals surface area contributed by atoms with E-state index in [-0.39, 0.29) is 31.0 Å². The molecular formula is C18H27NO5. The lowest BCUT2D eigenvalue weighted by Gasteiger charge is -2.21. The number of amides is 1. The second-order valence-corrected chi connectivity index (χ2v) is 6.56. The number of carboxylic acids is 1. The number of aliphatic carboxylic acids is 1. The average Bonchev–Trinajstić information content (AvgIpc) is 2.51. The van der Waals surface area contributed by atoms with Crippen molar-refractivity contribution >= 4 is 11.9 Å². The van der Waals surface area contributed by atoms with E-state index >= 15 is 0 Å². The lowest BCUT2D eigenvalue weighted by Crippen LogP contribution is -2.42. The molecule has 0 bridgehead atoms. The van der Waals surface area contributed by atoms with Gasteiger partial charge in [0.25, 0.3) is 0 Å². The summed E-state index contributed by atoms with van der Waals surface area (Å²) in [5.74, 6) is -0.612. The summed E-state index contributed by atoms with van der Waals surface area (Å²) >= 11 is 0. The van der Waals surface area contributed by atoms with E-state index in [1.807, 2.05) is 45.0 Å². The number of carboxylic acid groups (broad SMARTS) is 1. The fraction of sp³-hybridized carbons (Fsp3) is 0.556. The zero-order valence-electron chi connectivity index (χ0n) is 14.8. The van der Waals surface area contributed by atoms with E-state index < -0.39 is 12.0 Å². The van der Waals surface area contributed by atoms with E-state index in [9.17, 15) is 14.7 Å². The first-order valence-corrected chi connectivity index (χ1v) is 8.00. The van der Waals surface area contributed by atoms with Crippen LogP contribution in [0.4, 0.5) is 0 Å². The van der Waals surface area contributed by atoms with Crippen molar-refractivity contribution in [1.29, 1.82) is 0 Å². The van der Waals surface area contributed by atoms with Crippen LogP contribution in [0.3, 0.4) is 0 Å². The molecule has 6 nitrogen and oxygen atoms in total. The van der Waals surface area contributed by atoms with Crippen molar-refractivity contribution in [1.82, 2.24) is 5.32 Å². The number of carbonyl (C=O) groups is 2. The fourth-order valence-electron chi connectivity index (χ4n) is 2.09. The van der Waals surface area contributed by atoms with Crippen LogP contribution < -0.4 is 10.1 Å². The molecule has 24 heavy (non-hydrogen) atoms. The van der Waals surface area contributed by atoms with Crippen LogP contribution in [0.15, 0.2) is 24.3 Å². The molecule has 0 radical (unpaired) electrons. The van der Waals surface area contributed by atoms with Gasteiger partial charge in [-0.3, -0.25) is 4.79 Å². The van der Waals surface area contributed by atoms with Gasteiger partial charge in [-0.2, -0.15) is 0 Å². The maximum atomic E-state index is 12.0. The third-order valence-electron chi connectivity index (χ3n) is 3.35. The molecule has 0 heterocycles. The first-order valence-electron chi connectivity index (χ1n) is 8.00. The number of carbonyl (C=O) groups excluding carboxylic acids is 1. The van der Waals surface area contributed by atoms with E-state index in [4.69, 9.17) is 9.47 Å². The van der Waals surface area contributed by atoms with Gasteiger partial charge in [-0.1, -0.05) is 12.1 Å². The molecule has 0 aliphatic heterocycles. The third-order valence-corrected chi connectivity index (χ3v) is 3.35. The molecular weight excluding hydrogens is 310 g/mol. The van der Waals surface area contributed by atoms with Crippen molar-refractivity contribution in [3.05, 3.63) is 29.8 Å². The molecule has 0 saturated heterocycles. The first-order chi connectivity index (χ1) is 11.2. The first kappa shape index (κ1) is 20.0. The Hall–Kier alpha value is -2.08. The van der Waals surface area contributed by atoms with Gasteiger partial charge >= 0.3 is 5.97 Å². The molecule has 0 spiro atoms. The molecule has 0 aromatic heterocycles. The molecule has 0 saturated carbocycles. The van der Waals surface area contributed by atoms with Crippen LogP contribution >= 0.6 is 0 Å². The van der Waals surface area contributed by atoms with Gasteiger partial charge < -0.3 is 19.9 Å².